The largest absolute Gasteiger partial charge is 0.478 e. The Morgan fingerprint density at radius 1 is 1.28 bits per heavy atom. The highest BCUT2D eigenvalue weighted by Gasteiger charge is 2.07. The van der Waals surface area contributed by atoms with Crippen molar-refractivity contribution in [2.24, 2.45) is 0 Å². The van der Waals surface area contributed by atoms with Crippen LogP contribution >= 0.6 is 11.8 Å². The van der Waals surface area contributed by atoms with E-state index in [2.05, 4.69) is 11.6 Å². The summed E-state index contributed by atoms with van der Waals surface area (Å²) in [7, 11) is 0. The quantitative estimate of drug-likeness (QED) is 0.675. The van der Waals surface area contributed by atoms with Gasteiger partial charge in [-0.05, 0) is 43.0 Å². The van der Waals surface area contributed by atoms with Gasteiger partial charge in [-0.1, -0.05) is 24.6 Å². The van der Waals surface area contributed by atoms with E-state index in [1.165, 1.54) is 18.6 Å². The minimum absolute atomic E-state index is 0.396. The van der Waals surface area contributed by atoms with E-state index < -0.39 is 5.97 Å². The van der Waals surface area contributed by atoms with Crippen LogP contribution in [0.1, 0.15) is 35.2 Å². The van der Waals surface area contributed by atoms with Gasteiger partial charge in [-0.15, -0.1) is 0 Å². The maximum absolute atomic E-state index is 11.0. The van der Waals surface area contributed by atoms with Crippen LogP contribution in [0, 0.1) is 0 Å². The van der Waals surface area contributed by atoms with Crippen molar-refractivity contribution in [1.29, 1.82) is 0 Å². The molecule has 0 heterocycles. The Morgan fingerprint density at radius 2 is 2.06 bits per heavy atom. The number of unbranched alkanes of at least 4 members (excludes halogenated alkanes) is 2. The van der Waals surface area contributed by atoms with Crippen LogP contribution in [0.5, 0.6) is 0 Å². The van der Waals surface area contributed by atoms with E-state index in [1.807, 2.05) is 23.9 Å². The van der Waals surface area contributed by atoms with E-state index in [9.17, 15) is 4.79 Å². The molecular weight excluding hydrogens is 246 g/mol. The van der Waals surface area contributed by atoms with Gasteiger partial charge in [0.1, 0.15) is 0 Å². The van der Waals surface area contributed by atoms with Crippen LogP contribution in [0.4, 0.5) is 0 Å². The SMILES string of the molecule is CSCCCCCNCc1ccccc1C(=O)O. The number of thioether (sulfide) groups is 1. The molecular formula is C14H21NO2S. The van der Waals surface area contributed by atoms with Crippen molar-refractivity contribution < 1.29 is 9.90 Å². The molecule has 0 spiro atoms. The summed E-state index contributed by atoms with van der Waals surface area (Å²) in [5.41, 5.74) is 1.25. The fourth-order valence-corrected chi connectivity index (χ4v) is 2.27. The van der Waals surface area contributed by atoms with Gasteiger partial charge in [0.2, 0.25) is 0 Å². The van der Waals surface area contributed by atoms with Crippen molar-refractivity contribution in [1.82, 2.24) is 5.32 Å². The number of nitrogens with one attached hydrogen (secondary N) is 1. The first-order valence-corrected chi connectivity index (χ1v) is 7.66. The summed E-state index contributed by atoms with van der Waals surface area (Å²) in [5.74, 6) is 0.370. The highest BCUT2D eigenvalue weighted by atomic mass is 32.2. The summed E-state index contributed by atoms with van der Waals surface area (Å²) < 4.78 is 0. The lowest BCUT2D eigenvalue weighted by Gasteiger charge is -2.07. The standard InChI is InChI=1S/C14H21NO2S/c1-18-10-6-2-5-9-15-11-12-7-3-4-8-13(12)14(16)17/h3-4,7-8,15H,2,5-6,9-11H2,1H3,(H,16,17). The third kappa shape index (κ3) is 5.56. The van der Waals surface area contributed by atoms with Crippen LogP contribution < -0.4 is 5.32 Å². The van der Waals surface area contributed by atoms with Crippen molar-refractivity contribution in [3.05, 3.63) is 35.4 Å². The molecule has 4 heteroatoms. The fraction of sp³-hybridized carbons (Fsp3) is 0.500. The zero-order chi connectivity index (χ0) is 13.2. The van der Waals surface area contributed by atoms with Gasteiger partial charge in [-0.3, -0.25) is 0 Å². The maximum atomic E-state index is 11.0. The molecule has 0 bridgehead atoms. The summed E-state index contributed by atoms with van der Waals surface area (Å²) in [6.45, 7) is 1.58. The van der Waals surface area contributed by atoms with Gasteiger partial charge in [0.15, 0.2) is 0 Å². The fourth-order valence-electron chi connectivity index (χ4n) is 1.78. The third-order valence-corrected chi connectivity index (χ3v) is 3.46. The van der Waals surface area contributed by atoms with Crippen molar-refractivity contribution in [3.8, 4) is 0 Å². The van der Waals surface area contributed by atoms with Crippen LogP contribution in [0.3, 0.4) is 0 Å². The second-order valence-electron chi connectivity index (χ2n) is 4.19. The van der Waals surface area contributed by atoms with Crippen molar-refractivity contribution >= 4 is 17.7 Å². The molecule has 0 aliphatic rings. The Balaban J connectivity index is 2.25. The molecule has 0 atom stereocenters. The molecule has 3 nitrogen and oxygen atoms in total. The molecule has 0 saturated carbocycles. The van der Waals surface area contributed by atoms with E-state index >= 15 is 0 Å². The number of benzene rings is 1. The van der Waals surface area contributed by atoms with E-state index in [1.54, 1.807) is 12.1 Å². The predicted octanol–water partition coefficient (Wildman–Crippen LogP) is 3.01. The number of rotatable bonds is 9. The van der Waals surface area contributed by atoms with E-state index in [0.717, 1.165) is 18.5 Å². The monoisotopic (exact) mass is 267 g/mol. The Labute approximate surface area is 113 Å². The molecule has 0 aliphatic carbocycles. The molecule has 0 unspecified atom stereocenters. The van der Waals surface area contributed by atoms with E-state index in [-0.39, 0.29) is 0 Å². The molecule has 2 N–H and O–H groups in total. The third-order valence-electron chi connectivity index (χ3n) is 2.77. The molecule has 100 valence electrons. The zero-order valence-electron chi connectivity index (χ0n) is 10.8. The summed E-state index contributed by atoms with van der Waals surface area (Å²) in [4.78, 5) is 11.0. The number of hydrogen-bond donors (Lipinski definition) is 2. The number of carboxylic acids is 1. The van der Waals surface area contributed by atoms with Crippen LogP contribution in [0.15, 0.2) is 24.3 Å². The molecule has 1 rings (SSSR count). The van der Waals surface area contributed by atoms with Gasteiger partial charge in [0.25, 0.3) is 0 Å². The summed E-state index contributed by atoms with van der Waals surface area (Å²) in [5, 5.41) is 12.3. The number of carboxylic acid groups (broad SMARTS) is 1. The predicted molar refractivity (Wildman–Crippen MR) is 77.3 cm³/mol. The Morgan fingerprint density at radius 3 is 2.78 bits per heavy atom. The molecule has 1 aromatic rings. The molecule has 0 amide bonds. The van der Waals surface area contributed by atoms with Crippen LogP contribution in [-0.4, -0.2) is 29.6 Å². The Bertz CT molecular complexity index is 369. The number of carbonyl (C=O) groups is 1. The minimum atomic E-state index is -0.854. The lowest BCUT2D eigenvalue weighted by atomic mass is 10.1. The lowest BCUT2D eigenvalue weighted by Crippen LogP contribution is -2.17. The highest BCUT2D eigenvalue weighted by molar-refractivity contribution is 7.98. The molecule has 0 aromatic heterocycles. The van der Waals surface area contributed by atoms with Gasteiger partial charge in [-0.2, -0.15) is 11.8 Å². The second kappa shape index (κ2) is 9.00. The zero-order valence-corrected chi connectivity index (χ0v) is 11.6. The average Bonchev–Trinajstić information content (AvgIpc) is 2.38. The molecule has 0 aliphatic heterocycles. The summed E-state index contributed by atoms with van der Waals surface area (Å²) in [6.07, 6.45) is 5.76. The van der Waals surface area contributed by atoms with Gasteiger partial charge < -0.3 is 10.4 Å². The molecule has 0 fully saturated rings. The second-order valence-corrected chi connectivity index (χ2v) is 5.18. The number of aromatic carboxylic acids is 1. The normalized spacial score (nSPS) is 10.5. The smallest absolute Gasteiger partial charge is 0.336 e. The van der Waals surface area contributed by atoms with Crippen molar-refractivity contribution in [2.75, 3.05) is 18.6 Å². The van der Waals surface area contributed by atoms with E-state index in [4.69, 9.17) is 5.11 Å². The maximum Gasteiger partial charge on any atom is 0.336 e. The van der Waals surface area contributed by atoms with Crippen molar-refractivity contribution in [3.63, 3.8) is 0 Å². The Hall–Kier alpha value is -1.00. The van der Waals surface area contributed by atoms with Crippen LogP contribution in [0.25, 0.3) is 0 Å². The lowest BCUT2D eigenvalue weighted by molar-refractivity contribution is 0.0695. The van der Waals surface area contributed by atoms with Gasteiger partial charge in [-0.25, -0.2) is 4.79 Å². The van der Waals surface area contributed by atoms with Gasteiger partial charge in [0.05, 0.1) is 5.56 Å². The summed E-state index contributed by atoms with van der Waals surface area (Å²) >= 11 is 1.88. The minimum Gasteiger partial charge on any atom is -0.478 e. The summed E-state index contributed by atoms with van der Waals surface area (Å²) in [6, 6.07) is 7.15. The first-order valence-electron chi connectivity index (χ1n) is 6.26. The molecule has 0 saturated heterocycles. The molecule has 1 aromatic carbocycles. The van der Waals surface area contributed by atoms with Crippen LogP contribution in [0.2, 0.25) is 0 Å². The van der Waals surface area contributed by atoms with Gasteiger partial charge in [0, 0.05) is 6.54 Å². The topological polar surface area (TPSA) is 49.3 Å². The average molecular weight is 267 g/mol. The Kier molecular flexibility index (Phi) is 7.53. The first-order chi connectivity index (χ1) is 8.75. The molecule has 18 heavy (non-hydrogen) atoms. The van der Waals surface area contributed by atoms with Gasteiger partial charge >= 0.3 is 5.97 Å². The number of hydrogen-bond acceptors (Lipinski definition) is 3. The van der Waals surface area contributed by atoms with Crippen LogP contribution in [-0.2, 0) is 6.54 Å². The van der Waals surface area contributed by atoms with Crippen molar-refractivity contribution in [2.45, 2.75) is 25.8 Å². The molecule has 0 radical (unpaired) electrons. The highest BCUT2D eigenvalue weighted by Crippen LogP contribution is 2.08. The first kappa shape index (κ1) is 15.1. The van der Waals surface area contributed by atoms with E-state index in [0.29, 0.717) is 12.1 Å².